The van der Waals surface area contributed by atoms with Crippen LogP contribution in [0.1, 0.15) is 28.9 Å². The zero-order chi connectivity index (χ0) is 14.9. The van der Waals surface area contributed by atoms with Crippen LogP contribution in [-0.4, -0.2) is 35.1 Å². The minimum absolute atomic E-state index is 0.0253. The van der Waals surface area contributed by atoms with Gasteiger partial charge in [-0.25, -0.2) is 0 Å². The van der Waals surface area contributed by atoms with Crippen molar-refractivity contribution in [2.75, 3.05) is 13.1 Å². The van der Waals surface area contributed by atoms with Crippen LogP contribution in [0.25, 0.3) is 0 Å². The molecule has 0 aliphatic carbocycles. The number of carbonyl (C=O) groups is 1. The van der Waals surface area contributed by atoms with Gasteiger partial charge in [-0.3, -0.25) is 9.59 Å². The third-order valence-corrected chi connectivity index (χ3v) is 3.46. The summed E-state index contributed by atoms with van der Waals surface area (Å²) in [5, 5.41) is 0. The molecule has 0 aromatic carbocycles. The monoisotopic (exact) mass is 288 g/mol. The molecule has 1 saturated heterocycles. The van der Waals surface area contributed by atoms with Gasteiger partial charge in [0.2, 0.25) is 0 Å². The Morgan fingerprint density at radius 1 is 1.40 bits per heavy atom. The lowest BCUT2D eigenvalue weighted by Gasteiger charge is -2.33. The largest absolute Gasteiger partial charge is 0.393 e. The molecule has 2 heterocycles. The highest BCUT2D eigenvalue weighted by Crippen LogP contribution is 2.33. The van der Waals surface area contributed by atoms with E-state index in [9.17, 15) is 22.8 Å². The zero-order valence-corrected chi connectivity index (χ0v) is 11.0. The predicted molar refractivity (Wildman–Crippen MR) is 66.5 cm³/mol. The van der Waals surface area contributed by atoms with Gasteiger partial charge in [0.15, 0.2) is 0 Å². The van der Waals surface area contributed by atoms with Crippen LogP contribution < -0.4 is 5.56 Å². The lowest BCUT2D eigenvalue weighted by Crippen LogP contribution is -2.45. The molecule has 1 amide bonds. The Kier molecular flexibility index (Phi) is 3.87. The average molecular weight is 288 g/mol. The number of pyridine rings is 1. The normalized spacial score (nSPS) is 20.0. The van der Waals surface area contributed by atoms with Crippen LogP contribution in [0.4, 0.5) is 13.2 Å². The van der Waals surface area contributed by atoms with Crippen molar-refractivity contribution in [3.8, 4) is 0 Å². The number of nitrogens with one attached hydrogen (secondary N) is 1. The van der Waals surface area contributed by atoms with Crippen molar-refractivity contribution in [3.05, 3.63) is 33.7 Å². The summed E-state index contributed by atoms with van der Waals surface area (Å²) in [6.45, 7) is 1.53. The average Bonchev–Trinajstić information content (AvgIpc) is 2.37. The first-order chi connectivity index (χ1) is 9.29. The van der Waals surface area contributed by atoms with Crippen molar-refractivity contribution in [2.24, 2.45) is 5.92 Å². The smallest absolute Gasteiger partial charge is 0.338 e. The zero-order valence-electron chi connectivity index (χ0n) is 11.0. The number of aromatic amines is 1. The number of alkyl halides is 3. The maximum atomic E-state index is 12.7. The molecule has 4 nitrogen and oxygen atoms in total. The quantitative estimate of drug-likeness (QED) is 0.860. The molecule has 1 aromatic heterocycles. The summed E-state index contributed by atoms with van der Waals surface area (Å²) in [5.74, 6) is -2.15. The number of piperidine rings is 1. The van der Waals surface area contributed by atoms with Crippen LogP contribution >= 0.6 is 0 Å². The SMILES string of the molecule is Cc1ccc(C(=O)N2CCC[C@H](C(F)(F)F)C2)c(=O)[nH]1. The molecule has 2 rings (SSSR count). The van der Waals surface area contributed by atoms with Crippen LogP contribution in [0, 0.1) is 12.8 Å². The number of H-pyrrole nitrogens is 1. The molecule has 0 spiro atoms. The topological polar surface area (TPSA) is 53.2 Å². The van der Waals surface area contributed by atoms with Gasteiger partial charge in [0.05, 0.1) is 5.92 Å². The molecule has 0 bridgehead atoms. The van der Waals surface area contributed by atoms with E-state index in [0.29, 0.717) is 12.1 Å². The summed E-state index contributed by atoms with van der Waals surface area (Å²) in [6.07, 6.45) is -3.99. The molecule has 1 aliphatic heterocycles. The van der Waals surface area contributed by atoms with Gasteiger partial charge in [-0.1, -0.05) is 0 Å². The lowest BCUT2D eigenvalue weighted by atomic mass is 9.97. The van der Waals surface area contributed by atoms with Crippen molar-refractivity contribution in [1.29, 1.82) is 0 Å². The molecule has 1 atom stereocenters. The third-order valence-electron chi connectivity index (χ3n) is 3.46. The van der Waals surface area contributed by atoms with Crippen molar-refractivity contribution in [1.82, 2.24) is 9.88 Å². The van der Waals surface area contributed by atoms with Crippen LogP contribution in [-0.2, 0) is 0 Å². The van der Waals surface area contributed by atoms with E-state index < -0.39 is 23.6 Å². The number of amides is 1. The maximum Gasteiger partial charge on any atom is 0.393 e. The second-order valence-corrected chi connectivity index (χ2v) is 5.02. The fourth-order valence-corrected chi connectivity index (χ4v) is 2.34. The molecule has 1 aromatic rings. The van der Waals surface area contributed by atoms with Gasteiger partial charge < -0.3 is 9.88 Å². The highest BCUT2D eigenvalue weighted by atomic mass is 19.4. The number of likely N-dealkylation sites (tertiary alicyclic amines) is 1. The number of hydrogen-bond acceptors (Lipinski definition) is 2. The molecular weight excluding hydrogens is 273 g/mol. The van der Waals surface area contributed by atoms with E-state index in [1.807, 2.05) is 0 Å². The molecule has 20 heavy (non-hydrogen) atoms. The third kappa shape index (κ3) is 3.02. The van der Waals surface area contributed by atoms with Crippen molar-refractivity contribution >= 4 is 5.91 Å². The number of hydrogen-bond donors (Lipinski definition) is 1. The first-order valence-corrected chi connectivity index (χ1v) is 6.35. The summed E-state index contributed by atoms with van der Waals surface area (Å²) in [4.78, 5) is 27.4. The van der Waals surface area contributed by atoms with Gasteiger partial charge in [0, 0.05) is 18.8 Å². The molecule has 0 unspecified atom stereocenters. The van der Waals surface area contributed by atoms with E-state index in [0.717, 1.165) is 4.90 Å². The van der Waals surface area contributed by atoms with Crippen molar-refractivity contribution in [2.45, 2.75) is 25.9 Å². The van der Waals surface area contributed by atoms with Crippen molar-refractivity contribution in [3.63, 3.8) is 0 Å². The van der Waals surface area contributed by atoms with Gasteiger partial charge in [-0.15, -0.1) is 0 Å². The first-order valence-electron chi connectivity index (χ1n) is 6.35. The Balaban J connectivity index is 2.19. The molecule has 0 saturated carbocycles. The van der Waals surface area contributed by atoms with Crippen LogP contribution in [0.15, 0.2) is 16.9 Å². The number of aryl methyl sites for hydroxylation is 1. The van der Waals surface area contributed by atoms with Gasteiger partial charge in [0.1, 0.15) is 5.56 Å². The predicted octanol–water partition coefficient (Wildman–Crippen LogP) is 2.10. The number of nitrogens with zero attached hydrogens (tertiary/aromatic N) is 1. The molecule has 1 N–H and O–H groups in total. The lowest BCUT2D eigenvalue weighted by molar-refractivity contribution is -0.184. The minimum atomic E-state index is -4.31. The Labute approximate surface area is 113 Å². The fourth-order valence-electron chi connectivity index (χ4n) is 2.34. The number of rotatable bonds is 1. The second-order valence-electron chi connectivity index (χ2n) is 5.02. The second kappa shape index (κ2) is 5.30. The summed E-state index contributed by atoms with van der Waals surface area (Å²) in [7, 11) is 0. The Morgan fingerprint density at radius 3 is 2.70 bits per heavy atom. The Morgan fingerprint density at radius 2 is 2.10 bits per heavy atom. The van der Waals surface area contributed by atoms with Gasteiger partial charge in [0.25, 0.3) is 11.5 Å². The number of aromatic nitrogens is 1. The number of carbonyl (C=O) groups excluding carboxylic acids is 1. The standard InChI is InChI=1S/C13H15F3N2O2/c1-8-4-5-10(11(19)17-8)12(20)18-6-2-3-9(7-18)13(14,15)16/h4-5,9H,2-3,6-7H2,1H3,(H,17,19)/t9-/m0/s1. The highest BCUT2D eigenvalue weighted by Gasteiger charge is 2.42. The van der Waals surface area contributed by atoms with Crippen LogP contribution in [0.5, 0.6) is 0 Å². The van der Waals surface area contributed by atoms with Crippen LogP contribution in [0.3, 0.4) is 0 Å². The Bertz CT molecular complexity index is 565. The Hall–Kier alpha value is -1.79. The van der Waals surface area contributed by atoms with E-state index in [1.165, 1.54) is 6.07 Å². The van der Waals surface area contributed by atoms with E-state index in [-0.39, 0.29) is 25.1 Å². The van der Waals surface area contributed by atoms with E-state index in [2.05, 4.69) is 4.98 Å². The van der Waals surface area contributed by atoms with Gasteiger partial charge >= 0.3 is 6.18 Å². The molecule has 1 aliphatic rings. The summed E-state index contributed by atoms with van der Waals surface area (Å²) in [5.41, 5.74) is -0.0825. The van der Waals surface area contributed by atoms with Crippen molar-refractivity contribution < 1.29 is 18.0 Å². The summed E-state index contributed by atoms with van der Waals surface area (Å²) in [6, 6.07) is 2.91. The van der Waals surface area contributed by atoms with Gasteiger partial charge in [-0.05, 0) is 31.9 Å². The molecule has 110 valence electrons. The summed E-state index contributed by atoms with van der Waals surface area (Å²) < 4.78 is 38.1. The highest BCUT2D eigenvalue weighted by molar-refractivity contribution is 5.93. The maximum absolute atomic E-state index is 12.7. The van der Waals surface area contributed by atoms with E-state index >= 15 is 0 Å². The van der Waals surface area contributed by atoms with Crippen LogP contribution in [0.2, 0.25) is 0 Å². The molecule has 7 heteroatoms. The minimum Gasteiger partial charge on any atom is -0.338 e. The van der Waals surface area contributed by atoms with E-state index in [4.69, 9.17) is 0 Å². The van der Waals surface area contributed by atoms with E-state index in [1.54, 1.807) is 13.0 Å². The molecular formula is C13H15F3N2O2. The molecule has 1 fully saturated rings. The summed E-state index contributed by atoms with van der Waals surface area (Å²) >= 11 is 0. The number of halogens is 3. The molecule has 0 radical (unpaired) electrons. The first kappa shape index (κ1) is 14.6. The fraction of sp³-hybridized carbons (Fsp3) is 0.538. The van der Waals surface area contributed by atoms with Gasteiger partial charge in [-0.2, -0.15) is 13.2 Å².